The molecule has 0 bridgehead atoms. The second-order valence-electron chi connectivity index (χ2n) is 6.61. The highest BCUT2D eigenvalue weighted by atomic mass is 16.1. The lowest BCUT2D eigenvalue weighted by Gasteiger charge is -2.17. The molecule has 0 fully saturated rings. The molecule has 0 aliphatic carbocycles. The Bertz CT molecular complexity index is 939. The van der Waals surface area contributed by atoms with Gasteiger partial charge in [-0.15, -0.1) is 0 Å². The Labute approximate surface area is 154 Å². The number of hydrogen-bond acceptors (Lipinski definition) is 2. The molecule has 0 spiro atoms. The largest absolute Gasteiger partial charge is 0.294 e. The van der Waals surface area contributed by atoms with E-state index in [9.17, 15) is 9.59 Å². The minimum absolute atomic E-state index is 0.0508. The van der Waals surface area contributed by atoms with Crippen LogP contribution in [-0.4, -0.2) is 11.6 Å². The van der Waals surface area contributed by atoms with Gasteiger partial charge in [0.15, 0.2) is 11.6 Å². The molecule has 3 aromatic carbocycles. The first-order chi connectivity index (χ1) is 12.7. The van der Waals surface area contributed by atoms with Crippen molar-refractivity contribution in [2.45, 2.75) is 39.5 Å². The molecule has 3 rings (SSSR count). The SMILES string of the molecule is CCCC(=O)c1cc2ccccc2c(-c2ccccc2)c1C(=O)CCC. The minimum atomic E-state index is 0.0508. The molecule has 0 heterocycles. The van der Waals surface area contributed by atoms with Crippen LogP contribution in [0.25, 0.3) is 21.9 Å². The molecule has 0 aromatic heterocycles. The zero-order valence-electron chi connectivity index (χ0n) is 15.4. The van der Waals surface area contributed by atoms with Gasteiger partial charge in [0, 0.05) is 29.5 Å². The summed E-state index contributed by atoms with van der Waals surface area (Å²) >= 11 is 0. The summed E-state index contributed by atoms with van der Waals surface area (Å²) in [4.78, 5) is 25.9. The second-order valence-corrected chi connectivity index (χ2v) is 6.61. The van der Waals surface area contributed by atoms with Crippen molar-refractivity contribution in [3.63, 3.8) is 0 Å². The molecule has 0 saturated heterocycles. The van der Waals surface area contributed by atoms with Crippen LogP contribution in [0.1, 0.15) is 60.2 Å². The maximum atomic E-state index is 13.1. The van der Waals surface area contributed by atoms with Crippen molar-refractivity contribution in [1.29, 1.82) is 0 Å². The van der Waals surface area contributed by atoms with E-state index in [4.69, 9.17) is 0 Å². The summed E-state index contributed by atoms with van der Waals surface area (Å²) in [6.07, 6.45) is 2.44. The van der Waals surface area contributed by atoms with Crippen molar-refractivity contribution in [1.82, 2.24) is 0 Å². The quantitative estimate of drug-likeness (QED) is 0.460. The third kappa shape index (κ3) is 3.45. The number of Topliss-reactive ketones (excluding diaryl/α,β-unsaturated/α-hetero) is 2. The zero-order chi connectivity index (χ0) is 18.5. The topological polar surface area (TPSA) is 34.1 Å². The van der Waals surface area contributed by atoms with E-state index >= 15 is 0 Å². The van der Waals surface area contributed by atoms with Gasteiger partial charge in [0.1, 0.15) is 0 Å². The standard InChI is InChI=1S/C24H24O2/c1-3-10-21(25)20-16-18-14-8-9-15-19(18)23(17-12-6-5-7-13-17)24(20)22(26)11-4-2/h5-9,12-16H,3-4,10-11H2,1-2H3. The number of fused-ring (bicyclic) bond motifs is 1. The maximum absolute atomic E-state index is 13.1. The van der Waals surface area contributed by atoms with E-state index in [-0.39, 0.29) is 11.6 Å². The van der Waals surface area contributed by atoms with E-state index in [1.807, 2.05) is 74.5 Å². The Kier molecular flexibility index (Phi) is 5.62. The van der Waals surface area contributed by atoms with Crippen molar-refractivity contribution < 1.29 is 9.59 Å². The summed E-state index contributed by atoms with van der Waals surface area (Å²) in [6, 6.07) is 19.8. The third-order valence-corrected chi connectivity index (χ3v) is 4.65. The first-order valence-corrected chi connectivity index (χ1v) is 9.34. The predicted octanol–water partition coefficient (Wildman–Crippen LogP) is 6.47. The molecule has 26 heavy (non-hydrogen) atoms. The molecule has 0 unspecified atom stereocenters. The molecule has 132 valence electrons. The number of carbonyl (C=O) groups is 2. The Morgan fingerprint density at radius 3 is 2.08 bits per heavy atom. The molecule has 2 heteroatoms. The third-order valence-electron chi connectivity index (χ3n) is 4.65. The fourth-order valence-electron chi connectivity index (χ4n) is 3.48. The van der Waals surface area contributed by atoms with Gasteiger partial charge in [0.2, 0.25) is 0 Å². The van der Waals surface area contributed by atoms with Crippen LogP contribution >= 0.6 is 0 Å². The van der Waals surface area contributed by atoms with Crippen molar-refractivity contribution in [3.8, 4) is 11.1 Å². The van der Waals surface area contributed by atoms with E-state index in [1.165, 1.54) is 0 Å². The Balaban J connectivity index is 2.41. The van der Waals surface area contributed by atoms with Crippen molar-refractivity contribution in [2.75, 3.05) is 0 Å². The van der Waals surface area contributed by atoms with Crippen LogP contribution in [0.4, 0.5) is 0 Å². The van der Waals surface area contributed by atoms with Gasteiger partial charge in [-0.05, 0) is 35.2 Å². The normalized spacial score (nSPS) is 10.8. The van der Waals surface area contributed by atoms with Gasteiger partial charge in [-0.1, -0.05) is 68.4 Å². The smallest absolute Gasteiger partial charge is 0.164 e. The van der Waals surface area contributed by atoms with E-state index in [2.05, 4.69) is 0 Å². The van der Waals surface area contributed by atoms with Gasteiger partial charge < -0.3 is 0 Å². The van der Waals surface area contributed by atoms with E-state index in [0.717, 1.165) is 34.7 Å². The summed E-state index contributed by atoms with van der Waals surface area (Å²) in [5, 5.41) is 2.02. The molecule has 0 saturated carbocycles. The fourth-order valence-corrected chi connectivity index (χ4v) is 3.48. The second kappa shape index (κ2) is 8.09. The van der Waals surface area contributed by atoms with Crippen LogP contribution in [-0.2, 0) is 0 Å². The first kappa shape index (κ1) is 18.1. The number of carbonyl (C=O) groups excluding carboxylic acids is 2. The average Bonchev–Trinajstić information content (AvgIpc) is 2.67. The van der Waals surface area contributed by atoms with Gasteiger partial charge in [-0.3, -0.25) is 9.59 Å². The van der Waals surface area contributed by atoms with Crippen LogP contribution in [0.5, 0.6) is 0 Å². The lowest BCUT2D eigenvalue weighted by atomic mass is 9.85. The molecule has 0 aliphatic heterocycles. The van der Waals surface area contributed by atoms with Crippen LogP contribution in [0, 0.1) is 0 Å². The number of ketones is 2. The highest BCUT2D eigenvalue weighted by Gasteiger charge is 2.23. The van der Waals surface area contributed by atoms with Gasteiger partial charge in [0.05, 0.1) is 0 Å². The summed E-state index contributed by atoms with van der Waals surface area (Å²) in [6.45, 7) is 3.99. The van der Waals surface area contributed by atoms with Crippen molar-refractivity contribution >= 4 is 22.3 Å². The number of benzene rings is 3. The van der Waals surface area contributed by atoms with E-state index < -0.39 is 0 Å². The molecular weight excluding hydrogens is 320 g/mol. The molecular formula is C24H24O2. The average molecular weight is 344 g/mol. The molecule has 3 aromatic rings. The van der Waals surface area contributed by atoms with Crippen molar-refractivity contribution in [2.24, 2.45) is 0 Å². The van der Waals surface area contributed by atoms with Crippen LogP contribution in [0.2, 0.25) is 0 Å². The van der Waals surface area contributed by atoms with Crippen LogP contribution in [0.3, 0.4) is 0 Å². The Morgan fingerprint density at radius 1 is 0.769 bits per heavy atom. The van der Waals surface area contributed by atoms with E-state index in [1.54, 1.807) is 0 Å². The Hall–Kier alpha value is -2.74. The van der Waals surface area contributed by atoms with Crippen LogP contribution < -0.4 is 0 Å². The van der Waals surface area contributed by atoms with Gasteiger partial charge >= 0.3 is 0 Å². The predicted molar refractivity (Wildman–Crippen MR) is 108 cm³/mol. The van der Waals surface area contributed by atoms with Crippen molar-refractivity contribution in [3.05, 3.63) is 71.8 Å². The molecule has 0 aliphatic rings. The Morgan fingerprint density at radius 2 is 1.38 bits per heavy atom. The summed E-state index contributed by atoms with van der Waals surface area (Å²) in [5.74, 6) is 0.103. The molecule has 0 atom stereocenters. The lowest BCUT2D eigenvalue weighted by molar-refractivity contribution is 0.0949. The summed E-state index contributed by atoms with van der Waals surface area (Å²) < 4.78 is 0. The monoisotopic (exact) mass is 344 g/mol. The number of hydrogen-bond donors (Lipinski definition) is 0. The molecule has 0 radical (unpaired) electrons. The highest BCUT2D eigenvalue weighted by molar-refractivity contribution is 6.18. The van der Waals surface area contributed by atoms with Crippen LogP contribution in [0.15, 0.2) is 60.7 Å². The molecule has 0 N–H and O–H groups in total. The maximum Gasteiger partial charge on any atom is 0.164 e. The summed E-state index contributed by atoms with van der Waals surface area (Å²) in [5.41, 5.74) is 3.04. The lowest BCUT2D eigenvalue weighted by Crippen LogP contribution is -2.11. The van der Waals surface area contributed by atoms with E-state index in [0.29, 0.717) is 24.0 Å². The minimum Gasteiger partial charge on any atom is -0.294 e. The molecule has 2 nitrogen and oxygen atoms in total. The highest BCUT2D eigenvalue weighted by Crippen LogP contribution is 2.36. The van der Waals surface area contributed by atoms with Gasteiger partial charge in [-0.2, -0.15) is 0 Å². The first-order valence-electron chi connectivity index (χ1n) is 9.34. The zero-order valence-corrected chi connectivity index (χ0v) is 15.4. The fraction of sp³-hybridized carbons (Fsp3) is 0.250. The van der Waals surface area contributed by atoms with Gasteiger partial charge in [0.25, 0.3) is 0 Å². The number of rotatable bonds is 7. The van der Waals surface area contributed by atoms with Gasteiger partial charge in [-0.25, -0.2) is 0 Å². The molecule has 0 amide bonds. The summed E-state index contributed by atoms with van der Waals surface area (Å²) in [7, 11) is 0.